The Labute approximate surface area is 375 Å². The highest BCUT2D eigenvalue weighted by Crippen LogP contribution is 2.20. The molecule has 1 heterocycles. The number of fused-ring (bicyclic) bond motifs is 1. The topological polar surface area (TPSA) is 315 Å². The minimum absolute atomic E-state index is 0.0255. The van der Waals surface area contributed by atoms with Gasteiger partial charge < -0.3 is 51.3 Å². The van der Waals surface area contributed by atoms with Crippen LogP contribution in [0.15, 0.2) is 91.1 Å². The molecule has 10 N–H and O–H groups in total. The number of primary amides is 1. The summed E-state index contributed by atoms with van der Waals surface area (Å²) in [5, 5.41) is 23.2. The van der Waals surface area contributed by atoms with E-state index in [9.17, 15) is 47.1 Å². The molecule has 0 fully saturated rings. The van der Waals surface area contributed by atoms with E-state index in [-0.39, 0.29) is 44.4 Å². The van der Waals surface area contributed by atoms with Crippen LogP contribution < -0.4 is 36.5 Å². The van der Waals surface area contributed by atoms with E-state index in [1.165, 1.54) is 30.4 Å². The largest absolute Gasteiger partial charge is 0.481 e. The first kappa shape index (κ1) is 50.4. The summed E-state index contributed by atoms with van der Waals surface area (Å²) in [6, 6.07) is 15.7. The summed E-state index contributed by atoms with van der Waals surface area (Å²) in [5.41, 5.74) is 7.09. The van der Waals surface area contributed by atoms with Gasteiger partial charge in [0.25, 0.3) is 0 Å². The molecule has 20 nitrogen and oxygen atoms in total. The highest BCUT2D eigenvalue weighted by molar-refractivity contribution is 7.81. The maximum absolute atomic E-state index is 14.2. The van der Waals surface area contributed by atoms with Crippen LogP contribution in [0.3, 0.4) is 0 Å². The lowest BCUT2D eigenvalue weighted by atomic mass is 10.0. The van der Waals surface area contributed by atoms with Gasteiger partial charge in [-0.2, -0.15) is 8.42 Å². The lowest BCUT2D eigenvalue weighted by Crippen LogP contribution is -2.59. The van der Waals surface area contributed by atoms with Crippen molar-refractivity contribution in [1.82, 2.24) is 31.6 Å². The number of benzene rings is 3. The molecule has 4 atom stereocenters. The van der Waals surface area contributed by atoms with Gasteiger partial charge in [0.2, 0.25) is 29.5 Å². The van der Waals surface area contributed by atoms with Crippen LogP contribution in [0.4, 0.5) is 4.79 Å². The number of hydrogen-bond acceptors (Lipinski definition) is 11. The summed E-state index contributed by atoms with van der Waals surface area (Å²) < 4.78 is 40.9. The number of aromatic amines is 1. The fourth-order valence-corrected chi connectivity index (χ4v) is 6.78. The molecule has 0 aliphatic rings. The number of amides is 6. The van der Waals surface area contributed by atoms with Crippen molar-refractivity contribution in [3.63, 3.8) is 0 Å². The number of hydrogen-bond donors (Lipinski definition) is 9. The second kappa shape index (κ2) is 23.4. The monoisotopic (exact) mass is 919 g/mol. The van der Waals surface area contributed by atoms with Crippen molar-refractivity contribution in [2.75, 3.05) is 6.54 Å². The summed E-state index contributed by atoms with van der Waals surface area (Å²) in [5.74, 6) is -5.90. The summed E-state index contributed by atoms with van der Waals surface area (Å²) in [6.45, 7) is 5.01. The average Bonchev–Trinajstić information content (AvgIpc) is 3.63. The molecular formula is C44H53N7O13S. The molecule has 0 saturated heterocycles. The van der Waals surface area contributed by atoms with E-state index >= 15 is 0 Å². The maximum atomic E-state index is 14.2. The van der Waals surface area contributed by atoms with Gasteiger partial charge in [0.15, 0.2) is 0 Å². The molecule has 0 radical (unpaired) electrons. The SMILES string of the molecule is CC(C)(C)OC(=O)N[C@@H](Cc1c[nH]c2ccccc12)C(=O)N[C@@H](CCCCNC(=O)/C=C/c1cccc(OS(=O)(=O)O)c1)C(=O)N[C@@H](CC(=O)O)C(=O)N[C@@H](Cc1ccccc1)C(N)=O. The number of carbonyl (C=O) groups is 7. The first-order valence-corrected chi connectivity index (χ1v) is 21.8. The molecular weight excluding hydrogens is 867 g/mol. The Balaban J connectivity index is 1.52. The van der Waals surface area contributed by atoms with Gasteiger partial charge >= 0.3 is 22.5 Å². The third kappa shape index (κ3) is 17.8. The first-order chi connectivity index (χ1) is 30.7. The quantitative estimate of drug-likeness (QED) is 0.0294. The number of carboxylic acids is 1. The Morgan fingerprint density at radius 3 is 2.11 bits per heavy atom. The number of rotatable bonds is 23. The van der Waals surface area contributed by atoms with Gasteiger partial charge in [0.1, 0.15) is 35.5 Å². The van der Waals surface area contributed by atoms with Crippen molar-refractivity contribution in [2.45, 2.75) is 89.1 Å². The normalized spacial score (nSPS) is 13.4. The number of carboxylic acid groups (broad SMARTS) is 1. The second-order valence-corrected chi connectivity index (χ2v) is 16.9. The van der Waals surface area contributed by atoms with Gasteiger partial charge in [-0.25, -0.2) is 4.79 Å². The van der Waals surface area contributed by atoms with Crippen LogP contribution in [0, 0.1) is 0 Å². The third-order valence-electron chi connectivity index (χ3n) is 9.40. The molecule has 21 heteroatoms. The Morgan fingerprint density at radius 2 is 1.43 bits per heavy atom. The lowest BCUT2D eigenvalue weighted by molar-refractivity contribution is -0.141. The Kier molecular flexibility index (Phi) is 18.2. The minimum atomic E-state index is -4.76. The molecule has 348 valence electrons. The van der Waals surface area contributed by atoms with E-state index in [2.05, 4.69) is 35.8 Å². The number of nitrogens with two attached hydrogens (primary N) is 1. The van der Waals surface area contributed by atoms with Crippen LogP contribution in [0.25, 0.3) is 17.0 Å². The van der Waals surface area contributed by atoms with Gasteiger partial charge in [-0.05, 0) is 81.0 Å². The summed E-state index contributed by atoms with van der Waals surface area (Å²) in [6.07, 6.45) is 2.65. The Hall–Kier alpha value is -7.26. The number of nitrogens with one attached hydrogen (secondary N) is 6. The number of H-pyrrole nitrogens is 1. The fraction of sp³-hybridized carbons (Fsp3) is 0.341. The van der Waals surface area contributed by atoms with Crippen molar-refractivity contribution in [3.8, 4) is 5.75 Å². The van der Waals surface area contributed by atoms with Crippen LogP contribution in [0.2, 0.25) is 0 Å². The van der Waals surface area contributed by atoms with E-state index in [1.54, 1.807) is 69.4 Å². The summed E-state index contributed by atoms with van der Waals surface area (Å²) >= 11 is 0. The number of aliphatic carboxylic acids is 1. The lowest BCUT2D eigenvalue weighted by Gasteiger charge is -2.26. The number of ether oxygens (including phenoxy) is 1. The van der Waals surface area contributed by atoms with Crippen LogP contribution in [0.5, 0.6) is 5.75 Å². The molecule has 0 spiro atoms. The average molecular weight is 920 g/mol. The van der Waals surface area contributed by atoms with Crippen molar-refractivity contribution < 1.29 is 60.6 Å². The van der Waals surface area contributed by atoms with Crippen molar-refractivity contribution in [3.05, 3.63) is 108 Å². The molecule has 1 aromatic heterocycles. The predicted octanol–water partition coefficient (Wildman–Crippen LogP) is 2.44. The number of para-hydroxylation sites is 1. The molecule has 6 amide bonds. The van der Waals surface area contributed by atoms with Gasteiger partial charge in [0, 0.05) is 42.6 Å². The third-order valence-corrected chi connectivity index (χ3v) is 9.80. The number of aromatic nitrogens is 1. The molecule has 0 unspecified atom stereocenters. The molecule has 0 bridgehead atoms. The van der Waals surface area contributed by atoms with E-state index in [0.717, 1.165) is 10.9 Å². The van der Waals surface area contributed by atoms with Crippen LogP contribution in [0.1, 0.15) is 63.1 Å². The van der Waals surface area contributed by atoms with E-state index < -0.39 is 88.2 Å². The van der Waals surface area contributed by atoms with Crippen molar-refractivity contribution in [2.24, 2.45) is 5.73 Å². The zero-order chi connectivity index (χ0) is 47.7. The van der Waals surface area contributed by atoms with Gasteiger partial charge in [-0.15, -0.1) is 0 Å². The first-order valence-electron chi connectivity index (χ1n) is 20.4. The Morgan fingerprint density at radius 1 is 0.785 bits per heavy atom. The van der Waals surface area contributed by atoms with Crippen molar-refractivity contribution >= 4 is 69.0 Å². The number of unbranched alkanes of at least 4 members (excludes halogenated alkanes) is 1. The van der Waals surface area contributed by atoms with E-state index in [0.29, 0.717) is 16.7 Å². The highest BCUT2D eigenvalue weighted by Gasteiger charge is 2.33. The summed E-state index contributed by atoms with van der Waals surface area (Å²) in [4.78, 5) is 94.8. The van der Waals surface area contributed by atoms with Crippen LogP contribution in [-0.2, 0) is 56.7 Å². The molecule has 4 aromatic rings. The van der Waals surface area contributed by atoms with Crippen molar-refractivity contribution in [1.29, 1.82) is 0 Å². The van der Waals surface area contributed by atoms with Gasteiger partial charge in [0.05, 0.1) is 6.42 Å². The van der Waals surface area contributed by atoms with Crippen LogP contribution >= 0.6 is 0 Å². The summed E-state index contributed by atoms with van der Waals surface area (Å²) in [7, 11) is -4.76. The smallest absolute Gasteiger partial charge is 0.446 e. The van der Waals surface area contributed by atoms with E-state index in [1.807, 2.05) is 18.2 Å². The molecule has 3 aromatic carbocycles. The molecule has 0 aliphatic carbocycles. The highest BCUT2D eigenvalue weighted by atomic mass is 32.3. The van der Waals surface area contributed by atoms with Gasteiger partial charge in [-0.1, -0.05) is 60.7 Å². The molecule has 4 rings (SSSR count). The maximum Gasteiger partial charge on any atom is 0.446 e. The Bertz CT molecular complexity index is 2470. The second-order valence-electron chi connectivity index (χ2n) is 15.8. The predicted molar refractivity (Wildman–Crippen MR) is 237 cm³/mol. The number of alkyl carbamates (subject to hydrolysis) is 1. The zero-order valence-corrected chi connectivity index (χ0v) is 36.7. The number of carbonyl (C=O) groups excluding carboxylic acids is 6. The standard InChI is InChI=1S/C44H53N7O13S/c1-44(2,3)63-43(59)51-35(24-29-26-47-32-17-8-7-16-31(29)32)41(57)48-33(18-9-10-21-46-37(52)20-19-28-14-11-15-30(22-28)64-65(60,61)62)40(56)50-36(25-38(53)54)42(58)49-34(39(45)55)23-27-12-5-4-6-13-27/h4-8,11-17,19-20,22,26,33-36,47H,9-10,18,21,23-25H2,1-3H3,(H2,45,55)(H,46,52)(H,48,57)(H,49,58)(H,50,56)(H,51,59)(H,53,54)(H,60,61,62)/b20-19+/t33-,34-,35-,36-/m0/s1. The van der Waals surface area contributed by atoms with E-state index in [4.69, 9.17) is 15.0 Å². The molecule has 0 saturated carbocycles. The zero-order valence-electron chi connectivity index (χ0n) is 35.9. The fourth-order valence-electron chi connectivity index (χ4n) is 6.43. The van der Waals surface area contributed by atoms with Crippen LogP contribution in [-0.4, -0.2) is 101 Å². The minimum Gasteiger partial charge on any atom is -0.481 e. The molecule has 65 heavy (non-hydrogen) atoms. The molecule has 0 aliphatic heterocycles. The van der Waals surface area contributed by atoms with Gasteiger partial charge in [-0.3, -0.25) is 33.3 Å².